The number of benzene rings is 1. The van der Waals surface area contributed by atoms with Gasteiger partial charge in [-0.3, -0.25) is 0 Å². The number of fused-ring (bicyclic) bond motifs is 1. The molecule has 2 heterocycles. The molecule has 1 N–H and O–H groups in total. The van der Waals surface area contributed by atoms with E-state index in [0.717, 1.165) is 23.8 Å². The molecule has 0 aliphatic heterocycles. The normalized spacial score (nSPS) is 10.8. The second kappa shape index (κ2) is 5.44. The lowest BCUT2D eigenvalue weighted by Gasteiger charge is -2.20. The summed E-state index contributed by atoms with van der Waals surface area (Å²) in [7, 11) is 3.91. The second-order valence-corrected chi connectivity index (χ2v) is 5.20. The topological polar surface area (TPSA) is 45.5 Å². The highest BCUT2D eigenvalue weighted by Gasteiger charge is 2.12. The molecule has 5 nitrogen and oxygen atoms in total. The van der Waals surface area contributed by atoms with E-state index in [1.807, 2.05) is 30.9 Å². The van der Waals surface area contributed by atoms with Crippen LogP contribution < -0.4 is 10.2 Å². The Hall–Kier alpha value is -2.56. The summed E-state index contributed by atoms with van der Waals surface area (Å²) in [5, 5.41) is 3.09. The fraction of sp³-hybridized carbons (Fsp3) is 0.250. The number of hydrogen-bond donors (Lipinski definition) is 1. The largest absolute Gasteiger partial charge is 0.372 e. The van der Waals surface area contributed by atoms with Crippen molar-refractivity contribution < 1.29 is 0 Å². The maximum atomic E-state index is 4.64. The van der Waals surface area contributed by atoms with Gasteiger partial charge in [0.2, 0.25) is 0 Å². The van der Waals surface area contributed by atoms with Crippen LogP contribution in [0.3, 0.4) is 0 Å². The van der Waals surface area contributed by atoms with Gasteiger partial charge in [-0.25, -0.2) is 9.97 Å². The molecule has 108 valence electrons. The number of nitrogens with zero attached hydrogens (tertiary/aromatic N) is 4. The number of aromatic nitrogens is 3. The lowest BCUT2D eigenvalue weighted by Crippen LogP contribution is -2.19. The van der Waals surface area contributed by atoms with Gasteiger partial charge in [-0.1, -0.05) is 29.8 Å². The van der Waals surface area contributed by atoms with Gasteiger partial charge in [0, 0.05) is 33.0 Å². The van der Waals surface area contributed by atoms with Gasteiger partial charge < -0.3 is 14.6 Å². The average molecular weight is 281 g/mol. The highest BCUT2D eigenvalue weighted by molar-refractivity contribution is 5.66. The van der Waals surface area contributed by atoms with Gasteiger partial charge in [-0.15, -0.1) is 0 Å². The Morgan fingerprint density at radius 1 is 1.33 bits per heavy atom. The van der Waals surface area contributed by atoms with Crippen LogP contribution in [0, 0.1) is 6.92 Å². The van der Waals surface area contributed by atoms with E-state index in [1.54, 1.807) is 6.20 Å². The second-order valence-electron chi connectivity index (χ2n) is 5.20. The van der Waals surface area contributed by atoms with Crippen molar-refractivity contribution in [3.63, 3.8) is 0 Å². The molecule has 0 radical (unpaired) electrons. The van der Waals surface area contributed by atoms with Crippen LogP contribution in [0.4, 0.5) is 11.6 Å². The number of hydrogen-bond acceptors (Lipinski definition) is 4. The molecule has 0 saturated heterocycles. The Balaban J connectivity index is 1.97. The van der Waals surface area contributed by atoms with Crippen LogP contribution in [-0.2, 0) is 6.54 Å². The van der Waals surface area contributed by atoms with Crippen molar-refractivity contribution in [3.05, 3.63) is 54.0 Å². The summed E-state index contributed by atoms with van der Waals surface area (Å²) in [4.78, 5) is 11.2. The molecule has 0 aliphatic rings. The predicted molar refractivity (Wildman–Crippen MR) is 85.8 cm³/mol. The smallest absolute Gasteiger partial charge is 0.180 e. The summed E-state index contributed by atoms with van der Waals surface area (Å²) in [5.74, 6) is 1.69. The van der Waals surface area contributed by atoms with E-state index in [-0.39, 0.29) is 0 Å². The number of imidazole rings is 1. The van der Waals surface area contributed by atoms with Crippen LogP contribution in [0.25, 0.3) is 5.65 Å². The van der Waals surface area contributed by atoms with Crippen molar-refractivity contribution in [2.24, 2.45) is 0 Å². The summed E-state index contributed by atoms with van der Waals surface area (Å²) in [6, 6.07) is 8.52. The molecule has 0 unspecified atom stereocenters. The Kier molecular flexibility index (Phi) is 3.48. The summed E-state index contributed by atoms with van der Waals surface area (Å²) >= 11 is 0. The van der Waals surface area contributed by atoms with E-state index < -0.39 is 0 Å². The average Bonchev–Trinajstić information content (AvgIpc) is 2.94. The molecule has 0 amide bonds. The summed E-state index contributed by atoms with van der Waals surface area (Å²) in [6.45, 7) is 2.90. The first kappa shape index (κ1) is 13.4. The predicted octanol–water partition coefficient (Wildman–Crippen LogP) is 2.72. The lowest BCUT2D eigenvalue weighted by molar-refractivity contribution is 0.892. The molecule has 1 aromatic carbocycles. The summed E-state index contributed by atoms with van der Waals surface area (Å²) in [5.41, 5.74) is 3.40. The van der Waals surface area contributed by atoms with Crippen LogP contribution in [0.5, 0.6) is 0 Å². The van der Waals surface area contributed by atoms with Crippen LogP contribution in [-0.4, -0.2) is 28.5 Å². The lowest BCUT2D eigenvalue weighted by atomic mass is 10.1. The van der Waals surface area contributed by atoms with E-state index >= 15 is 0 Å². The van der Waals surface area contributed by atoms with Crippen molar-refractivity contribution in [3.8, 4) is 0 Å². The van der Waals surface area contributed by atoms with E-state index in [4.69, 9.17) is 0 Å². The standard InChI is InChI=1S/C16H19N5/c1-12-5-4-6-13(9-12)10-20(3)16-15-18-7-8-21(15)11-14(17-2)19-16/h4-9,11,17H,10H2,1-3H3. The number of rotatable bonds is 4. The van der Waals surface area contributed by atoms with Crippen LogP contribution in [0.2, 0.25) is 0 Å². The van der Waals surface area contributed by atoms with Crippen molar-refractivity contribution in [2.75, 3.05) is 24.3 Å². The van der Waals surface area contributed by atoms with Crippen molar-refractivity contribution >= 4 is 17.3 Å². The van der Waals surface area contributed by atoms with Gasteiger partial charge in [-0.2, -0.15) is 0 Å². The maximum Gasteiger partial charge on any atom is 0.180 e. The molecular formula is C16H19N5. The van der Waals surface area contributed by atoms with Gasteiger partial charge >= 0.3 is 0 Å². The molecule has 3 aromatic rings. The Bertz CT molecular complexity index is 762. The van der Waals surface area contributed by atoms with E-state index in [0.29, 0.717) is 0 Å². The van der Waals surface area contributed by atoms with Gasteiger partial charge in [0.1, 0.15) is 5.82 Å². The fourth-order valence-electron chi connectivity index (χ4n) is 2.45. The molecule has 0 atom stereocenters. The first-order valence-corrected chi connectivity index (χ1v) is 6.95. The fourth-order valence-corrected chi connectivity index (χ4v) is 2.45. The third kappa shape index (κ3) is 2.67. The minimum atomic E-state index is 0.796. The molecule has 0 aliphatic carbocycles. The van der Waals surface area contributed by atoms with E-state index in [1.165, 1.54) is 11.1 Å². The number of aryl methyl sites for hydroxylation is 1. The van der Waals surface area contributed by atoms with Crippen molar-refractivity contribution in [1.82, 2.24) is 14.4 Å². The zero-order chi connectivity index (χ0) is 14.8. The zero-order valence-electron chi connectivity index (χ0n) is 12.5. The molecule has 5 heteroatoms. The molecule has 3 rings (SSSR count). The minimum absolute atomic E-state index is 0.796. The Morgan fingerprint density at radius 2 is 2.19 bits per heavy atom. The first-order chi connectivity index (χ1) is 10.2. The monoisotopic (exact) mass is 281 g/mol. The number of nitrogens with one attached hydrogen (secondary N) is 1. The quantitative estimate of drug-likeness (QED) is 0.798. The van der Waals surface area contributed by atoms with Gasteiger partial charge in [-0.05, 0) is 12.5 Å². The van der Waals surface area contributed by atoms with Crippen LogP contribution >= 0.6 is 0 Å². The molecular weight excluding hydrogens is 262 g/mol. The molecule has 2 aromatic heterocycles. The Morgan fingerprint density at radius 3 is 2.95 bits per heavy atom. The van der Waals surface area contributed by atoms with Crippen LogP contribution in [0.1, 0.15) is 11.1 Å². The van der Waals surface area contributed by atoms with E-state index in [9.17, 15) is 0 Å². The van der Waals surface area contributed by atoms with Gasteiger partial charge in [0.25, 0.3) is 0 Å². The molecule has 21 heavy (non-hydrogen) atoms. The first-order valence-electron chi connectivity index (χ1n) is 6.95. The molecule has 0 fully saturated rings. The molecule has 0 bridgehead atoms. The van der Waals surface area contributed by atoms with Crippen LogP contribution in [0.15, 0.2) is 42.9 Å². The molecule has 0 saturated carbocycles. The third-order valence-corrected chi connectivity index (χ3v) is 3.48. The SMILES string of the molecule is CNc1cn2ccnc2c(N(C)Cc2cccc(C)c2)n1. The Labute approximate surface area is 124 Å². The maximum absolute atomic E-state index is 4.64. The van der Waals surface area contributed by atoms with Crippen molar-refractivity contribution in [2.45, 2.75) is 13.5 Å². The van der Waals surface area contributed by atoms with Crippen molar-refractivity contribution in [1.29, 1.82) is 0 Å². The highest BCUT2D eigenvalue weighted by Crippen LogP contribution is 2.21. The van der Waals surface area contributed by atoms with Gasteiger partial charge in [0.15, 0.2) is 11.5 Å². The number of anilines is 2. The minimum Gasteiger partial charge on any atom is -0.372 e. The zero-order valence-corrected chi connectivity index (χ0v) is 12.5. The molecule has 0 spiro atoms. The summed E-state index contributed by atoms with van der Waals surface area (Å²) in [6.07, 6.45) is 5.66. The van der Waals surface area contributed by atoms with E-state index in [2.05, 4.69) is 51.4 Å². The third-order valence-electron chi connectivity index (χ3n) is 3.48. The van der Waals surface area contributed by atoms with Gasteiger partial charge in [0.05, 0.1) is 6.20 Å². The summed E-state index contributed by atoms with van der Waals surface area (Å²) < 4.78 is 1.99. The highest BCUT2D eigenvalue weighted by atomic mass is 15.2.